The van der Waals surface area contributed by atoms with Crippen LogP contribution < -0.4 is 28.8 Å². The van der Waals surface area contributed by atoms with Crippen molar-refractivity contribution in [3.8, 4) is 0 Å². The van der Waals surface area contributed by atoms with Crippen molar-refractivity contribution < 1.29 is 41.1 Å². The molecule has 15 heavy (non-hydrogen) atoms. The Kier molecular flexibility index (Phi) is 14.7. The van der Waals surface area contributed by atoms with Crippen LogP contribution in [-0.2, 0) is 12.3 Å². The molecule has 0 aromatic carbocycles. The van der Waals surface area contributed by atoms with Crippen molar-refractivity contribution in [1.29, 1.82) is 0 Å². The van der Waals surface area contributed by atoms with E-state index in [4.69, 9.17) is 0 Å². The maximum absolute atomic E-state index is 10.3. The van der Waals surface area contributed by atoms with Gasteiger partial charge in [-0.1, -0.05) is 0 Å². The predicted molar refractivity (Wildman–Crippen MR) is 37.8 cm³/mol. The molecule has 15 heteroatoms. The Morgan fingerprint density at radius 3 is 0.733 bits per heavy atom. The largest absolute Gasteiger partial charge is 2.00 e. The summed E-state index contributed by atoms with van der Waals surface area (Å²) in [5, 5.41) is 0. The molecule has 72 valence electrons. The number of rotatable bonds is 0. The predicted octanol–water partition coefficient (Wildman–Crippen LogP) is -9.62. The average Bonchev–Trinajstić information content (AvgIpc) is 1.44. The van der Waals surface area contributed by atoms with E-state index in [1.165, 1.54) is 0 Å². The molecule has 0 bridgehead atoms. The summed E-state index contributed by atoms with van der Waals surface area (Å²) < 4.78 is 9.73. The van der Waals surface area contributed by atoms with E-state index >= 15 is 0 Å². The molecule has 0 aromatic rings. The zero-order valence-corrected chi connectivity index (χ0v) is 20.7. The zero-order chi connectivity index (χ0) is 9.62. The van der Waals surface area contributed by atoms with Crippen molar-refractivity contribution in [2.75, 3.05) is 0 Å². The van der Waals surface area contributed by atoms with Gasteiger partial charge in [-0.3, -0.25) is 0 Å². The van der Waals surface area contributed by atoms with Crippen LogP contribution in [0.1, 0.15) is 0 Å². The summed E-state index contributed by atoms with van der Waals surface area (Å²) in [6.07, 6.45) is 0. The van der Waals surface area contributed by atoms with Crippen LogP contribution in [0.3, 0.4) is 0 Å². The van der Waals surface area contributed by atoms with E-state index in [1.807, 2.05) is 0 Å². The van der Waals surface area contributed by atoms with E-state index in [1.54, 1.807) is 0 Å². The standard InChI is InChI=1S/O9Si3.3Sr/c1-10(2)7-11(3,4)9-12(5,6)8-10;;;/q-6;3*+2. The molecule has 0 saturated carbocycles. The molecule has 1 heterocycles. The average molecular weight is 491 g/mol. The molecule has 1 rings (SSSR count). The molecule has 0 aliphatic carbocycles. The fourth-order valence-corrected chi connectivity index (χ4v) is 5.82. The summed E-state index contributed by atoms with van der Waals surface area (Å²) in [5.41, 5.74) is 0. The van der Waals surface area contributed by atoms with Gasteiger partial charge in [-0.25, -0.2) is 0 Å². The first kappa shape index (κ1) is 24.7. The molecular weight excluding hydrogens is 491 g/mol. The summed E-state index contributed by atoms with van der Waals surface area (Å²) in [6, 6.07) is 0. The van der Waals surface area contributed by atoms with E-state index < -0.39 is 27.1 Å². The Morgan fingerprint density at radius 1 is 0.467 bits per heavy atom. The van der Waals surface area contributed by atoms with Crippen LogP contribution >= 0.6 is 0 Å². The number of hydrogen-bond donors (Lipinski definition) is 0. The van der Waals surface area contributed by atoms with E-state index in [0.29, 0.717) is 0 Å². The van der Waals surface area contributed by atoms with Gasteiger partial charge in [0.1, 0.15) is 27.1 Å². The summed E-state index contributed by atoms with van der Waals surface area (Å²) >= 11 is 0. The fourth-order valence-electron chi connectivity index (χ4n) is 0.522. The van der Waals surface area contributed by atoms with Gasteiger partial charge in [0.05, 0.1) is 0 Å². The third-order valence-electron chi connectivity index (χ3n) is 0.750. The second kappa shape index (κ2) is 8.90. The zero-order valence-electron chi connectivity index (χ0n) is 7.30. The van der Waals surface area contributed by atoms with Crippen molar-refractivity contribution in [3.05, 3.63) is 0 Å². The Morgan fingerprint density at radius 2 is 0.600 bits per heavy atom. The van der Waals surface area contributed by atoms with Crippen LogP contribution in [0.4, 0.5) is 0 Å². The van der Waals surface area contributed by atoms with Gasteiger partial charge in [-0.15, -0.1) is 0 Å². The van der Waals surface area contributed by atoms with Crippen molar-refractivity contribution in [1.82, 2.24) is 0 Å². The van der Waals surface area contributed by atoms with Crippen LogP contribution in [0.15, 0.2) is 0 Å². The SMILES string of the molecule is [O-][Si]1([O-])O[Si]([O-])([O-])O[Si]([O-])([O-])O1.[Sr+2].[Sr+2].[Sr+2]. The molecule has 0 amide bonds. The van der Waals surface area contributed by atoms with Gasteiger partial charge < -0.3 is 41.1 Å². The minimum absolute atomic E-state index is 0. The van der Waals surface area contributed by atoms with Crippen LogP contribution in [0, 0.1) is 0 Å². The van der Waals surface area contributed by atoms with Gasteiger partial charge in [0.2, 0.25) is 0 Å². The van der Waals surface area contributed by atoms with E-state index in [-0.39, 0.29) is 136 Å². The quantitative estimate of drug-likeness (QED) is 0.299. The van der Waals surface area contributed by atoms with Gasteiger partial charge in [0, 0.05) is 0 Å². The molecule has 0 radical (unpaired) electrons. The molecular formula is O9Si3Sr3. The maximum Gasteiger partial charge on any atom is 2.00 e. The molecule has 1 saturated heterocycles. The molecule has 0 atom stereocenters. The molecule has 9 nitrogen and oxygen atoms in total. The molecule has 0 spiro atoms. The Balaban J connectivity index is -0.000000480. The van der Waals surface area contributed by atoms with Crippen LogP contribution in [0.25, 0.3) is 0 Å². The van der Waals surface area contributed by atoms with Gasteiger partial charge in [0.25, 0.3) is 0 Å². The molecule has 1 aliphatic rings. The second-order valence-corrected chi connectivity index (χ2v) is 7.26. The minimum Gasteiger partial charge on any atom is -0.829 e. The van der Waals surface area contributed by atoms with E-state index in [0.717, 1.165) is 0 Å². The Bertz CT molecular complexity index is 148. The van der Waals surface area contributed by atoms with Crippen molar-refractivity contribution >= 4 is 164 Å². The van der Waals surface area contributed by atoms with Gasteiger partial charge >= 0.3 is 136 Å². The third kappa shape index (κ3) is 10.1. The Hall–Kier alpha value is 4.73. The second-order valence-electron chi connectivity index (χ2n) is 1.81. The van der Waals surface area contributed by atoms with Gasteiger partial charge in [-0.05, 0) is 0 Å². The molecule has 0 aromatic heterocycles. The molecule has 0 N–H and O–H groups in total. The smallest absolute Gasteiger partial charge is 0.829 e. The van der Waals surface area contributed by atoms with Crippen LogP contribution in [0.5, 0.6) is 0 Å². The van der Waals surface area contributed by atoms with E-state index in [2.05, 4.69) is 12.3 Å². The van der Waals surface area contributed by atoms with Crippen molar-refractivity contribution in [3.63, 3.8) is 0 Å². The first-order valence-electron chi connectivity index (χ1n) is 2.45. The Labute approximate surface area is 199 Å². The summed E-state index contributed by atoms with van der Waals surface area (Å²) in [6.45, 7) is 0. The first-order chi connectivity index (χ1) is 5.12. The third-order valence-corrected chi connectivity index (χ3v) is 6.75. The minimum atomic E-state index is -5.61. The fraction of sp³-hybridized carbons (Fsp3) is 0. The van der Waals surface area contributed by atoms with Crippen LogP contribution in [-0.4, -0.2) is 164 Å². The van der Waals surface area contributed by atoms with Crippen molar-refractivity contribution in [2.24, 2.45) is 0 Å². The summed E-state index contributed by atoms with van der Waals surface area (Å²) in [4.78, 5) is 61.7. The monoisotopic (exact) mass is 492 g/mol. The molecule has 0 unspecified atom stereocenters. The van der Waals surface area contributed by atoms with Crippen molar-refractivity contribution in [2.45, 2.75) is 0 Å². The first-order valence-corrected chi connectivity index (χ1v) is 7.35. The van der Waals surface area contributed by atoms with Crippen LogP contribution in [0.2, 0.25) is 0 Å². The maximum atomic E-state index is 10.3. The normalized spacial score (nSPS) is 25.2. The summed E-state index contributed by atoms with van der Waals surface area (Å²) in [5.74, 6) is 0. The molecule has 1 aliphatic heterocycles. The van der Waals surface area contributed by atoms with Gasteiger partial charge in [-0.2, -0.15) is 0 Å². The number of hydrogen-bond acceptors (Lipinski definition) is 9. The van der Waals surface area contributed by atoms with Gasteiger partial charge in [0.15, 0.2) is 0 Å². The summed E-state index contributed by atoms with van der Waals surface area (Å²) in [7, 11) is -16.8. The molecule has 1 fully saturated rings. The topological polar surface area (TPSA) is 166 Å². The van der Waals surface area contributed by atoms with E-state index in [9.17, 15) is 28.8 Å².